The second kappa shape index (κ2) is 6.51. The van der Waals surface area contributed by atoms with Crippen LogP contribution < -0.4 is 15.0 Å². The highest BCUT2D eigenvalue weighted by Crippen LogP contribution is 2.35. The molecule has 0 saturated carbocycles. The number of carbonyl (C=O) groups excluding carboxylic acids is 1. The molecule has 1 saturated heterocycles. The van der Waals surface area contributed by atoms with Crippen LogP contribution in [0.25, 0.3) is 5.65 Å². The third kappa shape index (κ3) is 2.85. The fourth-order valence-corrected chi connectivity index (χ4v) is 3.58. The van der Waals surface area contributed by atoms with E-state index in [2.05, 4.69) is 20.3 Å². The molecule has 27 heavy (non-hydrogen) atoms. The monoisotopic (exact) mass is 366 g/mol. The van der Waals surface area contributed by atoms with Crippen LogP contribution in [0.3, 0.4) is 0 Å². The Kier molecular flexibility index (Phi) is 3.86. The molecule has 1 amide bonds. The van der Waals surface area contributed by atoms with Gasteiger partial charge >= 0.3 is 0 Å². The number of anilines is 1. The van der Waals surface area contributed by atoms with Gasteiger partial charge in [-0.1, -0.05) is 6.07 Å². The predicted molar refractivity (Wildman–Crippen MR) is 95.5 cm³/mol. The zero-order chi connectivity index (χ0) is 18.2. The minimum absolute atomic E-state index is 0.000535. The summed E-state index contributed by atoms with van der Waals surface area (Å²) in [6.07, 6.45) is 5.36. The zero-order valence-electron chi connectivity index (χ0n) is 14.5. The van der Waals surface area contributed by atoms with Gasteiger partial charge in [0.1, 0.15) is 18.1 Å². The summed E-state index contributed by atoms with van der Waals surface area (Å²) in [6, 6.07) is 7.75. The Morgan fingerprint density at radius 2 is 2.19 bits per heavy atom. The van der Waals surface area contributed by atoms with Crippen molar-refractivity contribution in [1.29, 1.82) is 0 Å². The molecule has 0 spiro atoms. The molecule has 9 nitrogen and oxygen atoms in total. The van der Waals surface area contributed by atoms with Crippen molar-refractivity contribution in [2.75, 3.05) is 25.0 Å². The van der Waals surface area contributed by atoms with Crippen molar-refractivity contribution >= 4 is 17.4 Å². The van der Waals surface area contributed by atoms with E-state index in [-0.39, 0.29) is 25.5 Å². The van der Waals surface area contributed by atoms with Gasteiger partial charge in [-0.3, -0.25) is 4.79 Å². The zero-order valence-corrected chi connectivity index (χ0v) is 14.5. The van der Waals surface area contributed by atoms with E-state index in [4.69, 9.17) is 14.5 Å². The molecule has 5 rings (SSSR count). The molecule has 1 fully saturated rings. The molecule has 3 aromatic heterocycles. The van der Waals surface area contributed by atoms with E-state index < -0.39 is 0 Å². The van der Waals surface area contributed by atoms with Crippen LogP contribution in [0.2, 0.25) is 0 Å². The number of ether oxygens (including phenoxy) is 2. The Labute approximate surface area is 154 Å². The third-order valence-corrected chi connectivity index (χ3v) is 4.86. The largest absolute Gasteiger partial charge is 0.450 e. The van der Waals surface area contributed by atoms with Gasteiger partial charge in [0.25, 0.3) is 5.91 Å². The van der Waals surface area contributed by atoms with Gasteiger partial charge < -0.3 is 19.7 Å². The molecular weight excluding hydrogens is 348 g/mol. The van der Waals surface area contributed by atoms with Gasteiger partial charge in [0, 0.05) is 18.8 Å². The smallest absolute Gasteiger partial charge is 0.258 e. The average Bonchev–Trinajstić information content (AvgIpc) is 3.34. The molecular formula is C18H18N6O3. The van der Waals surface area contributed by atoms with Crippen LogP contribution in [-0.2, 0) is 4.74 Å². The standard InChI is InChI=1S/C18H18N6O3/c25-18-12-9-20-24-8-6-15(22-17(12)24)23-7-2-4-14(23)13-3-1-5-16(21-13)27-11-26-10-19-18/h1,3,5-6,8-9,14H,2,4,7,10-11H2,(H,19,25)/t14-/m1/s1. The van der Waals surface area contributed by atoms with Crippen molar-refractivity contribution in [2.24, 2.45) is 0 Å². The van der Waals surface area contributed by atoms with Crippen LogP contribution in [-0.4, -0.2) is 45.6 Å². The predicted octanol–water partition coefficient (Wildman–Crippen LogP) is 1.52. The molecule has 0 radical (unpaired) electrons. The molecule has 5 heterocycles. The van der Waals surface area contributed by atoms with Crippen molar-refractivity contribution in [3.05, 3.63) is 47.9 Å². The number of carbonyl (C=O) groups is 1. The lowest BCUT2D eigenvalue weighted by molar-refractivity contribution is 0.00454. The van der Waals surface area contributed by atoms with Gasteiger partial charge in [-0.25, -0.2) is 14.5 Å². The van der Waals surface area contributed by atoms with E-state index >= 15 is 0 Å². The lowest BCUT2D eigenvalue weighted by atomic mass is 10.1. The summed E-state index contributed by atoms with van der Waals surface area (Å²) < 4.78 is 12.5. The summed E-state index contributed by atoms with van der Waals surface area (Å²) in [5.74, 6) is 1.01. The first kappa shape index (κ1) is 16.0. The van der Waals surface area contributed by atoms with Crippen LogP contribution in [0.1, 0.15) is 34.9 Å². The van der Waals surface area contributed by atoms with E-state index in [9.17, 15) is 4.79 Å². The van der Waals surface area contributed by atoms with Crippen molar-refractivity contribution in [1.82, 2.24) is 24.9 Å². The van der Waals surface area contributed by atoms with Crippen LogP contribution >= 0.6 is 0 Å². The van der Waals surface area contributed by atoms with E-state index in [1.807, 2.05) is 24.4 Å². The highest BCUT2D eigenvalue weighted by Gasteiger charge is 2.29. The lowest BCUT2D eigenvalue weighted by Gasteiger charge is -2.25. The number of rotatable bonds is 0. The van der Waals surface area contributed by atoms with E-state index in [0.717, 1.165) is 30.9 Å². The van der Waals surface area contributed by atoms with Crippen molar-refractivity contribution in [3.63, 3.8) is 0 Å². The average molecular weight is 366 g/mol. The number of nitrogens with zero attached hydrogens (tertiary/aromatic N) is 5. The summed E-state index contributed by atoms with van der Waals surface area (Å²) in [6.45, 7) is 0.893. The van der Waals surface area contributed by atoms with Gasteiger partial charge in [-0.15, -0.1) is 0 Å². The van der Waals surface area contributed by atoms with Crippen molar-refractivity contribution in [3.8, 4) is 5.88 Å². The number of hydrogen-bond acceptors (Lipinski definition) is 7. The fraction of sp³-hybridized carbons (Fsp3) is 0.333. The van der Waals surface area contributed by atoms with Crippen molar-refractivity contribution in [2.45, 2.75) is 18.9 Å². The van der Waals surface area contributed by atoms with Gasteiger partial charge in [0.05, 0.1) is 17.9 Å². The van der Waals surface area contributed by atoms with E-state index in [1.54, 1.807) is 10.6 Å². The van der Waals surface area contributed by atoms with Crippen molar-refractivity contribution < 1.29 is 14.3 Å². The number of pyridine rings is 1. The Bertz CT molecular complexity index is 1000. The van der Waals surface area contributed by atoms with Gasteiger partial charge in [0.2, 0.25) is 5.88 Å². The Morgan fingerprint density at radius 3 is 3.15 bits per heavy atom. The molecule has 0 aromatic carbocycles. The van der Waals surface area contributed by atoms with E-state index in [0.29, 0.717) is 17.1 Å². The second-order valence-corrected chi connectivity index (χ2v) is 6.48. The molecule has 0 aliphatic carbocycles. The molecule has 0 unspecified atom stereocenters. The first-order chi connectivity index (χ1) is 13.3. The lowest BCUT2D eigenvalue weighted by Crippen LogP contribution is -2.27. The molecule has 4 bridgehead atoms. The quantitative estimate of drug-likeness (QED) is 0.645. The molecule has 9 heteroatoms. The maximum Gasteiger partial charge on any atom is 0.258 e. The maximum absolute atomic E-state index is 12.5. The molecule has 2 aliphatic heterocycles. The first-order valence-corrected chi connectivity index (χ1v) is 8.86. The van der Waals surface area contributed by atoms with Gasteiger partial charge in [0.15, 0.2) is 12.4 Å². The minimum Gasteiger partial charge on any atom is -0.450 e. The van der Waals surface area contributed by atoms with E-state index in [1.165, 1.54) is 6.20 Å². The molecule has 138 valence electrons. The highest BCUT2D eigenvalue weighted by atomic mass is 16.7. The summed E-state index contributed by atoms with van der Waals surface area (Å²) in [4.78, 5) is 24.0. The topological polar surface area (TPSA) is 93.9 Å². The van der Waals surface area contributed by atoms with Crippen LogP contribution in [0.15, 0.2) is 36.7 Å². The number of hydrogen-bond donors (Lipinski definition) is 1. The Morgan fingerprint density at radius 1 is 1.22 bits per heavy atom. The maximum atomic E-state index is 12.5. The molecule has 3 aromatic rings. The van der Waals surface area contributed by atoms with Crippen LogP contribution in [0.5, 0.6) is 5.88 Å². The summed E-state index contributed by atoms with van der Waals surface area (Å²) >= 11 is 0. The number of amides is 1. The second-order valence-electron chi connectivity index (χ2n) is 6.48. The third-order valence-electron chi connectivity index (χ3n) is 4.86. The fourth-order valence-electron chi connectivity index (χ4n) is 3.58. The van der Waals surface area contributed by atoms with Gasteiger partial charge in [-0.2, -0.15) is 5.10 Å². The number of nitrogens with one attached hydrogen (secondary N) is 1. The summed E-state index contributed by atoms with van der Waals surface area (Å²) in [5.41, 5.74) is 1.86. The molecule has 2 aliphatic rings. The Balaban J connectivity index is 1.62. The molecule has 1 atom stereocenters. The number of aromatic nitrogens is 4. The van der Waals surface area contributed by atoms with Crippen LogP contribution in [0, 0.1) is 0 Å². The highest BCUT2D eigenvalue weighted by molar-refractivity contribution is 5.99. The SMILES string of the molecule is O=C1NCOCOc2cccc(n2)[C@H]2CCCN2c2ccn3ncc1c3n2. The van der Waals surface area contributed by atoms with Gasteiger partial charge in [-0.05, 0) is 25.0 Å². The summed E-state index contributed by atoms with van der Waals surface area (Å²) in [7, 11) is 0. The summed E-state index contributed by atoms with van der Waals surface area (Å²) in [5, 5.41) is 6.91. The minimum atomic E-state index is -0.291. The normalized spacial score (nSPS) is 19.9. The Hall–Kier alpha value is -3.20. The number of fused-ring (bicyclic) bond motifs is 6. The van der Waals surface area contributed by atoms with Crippen LogP contribution in [0.4, 0.5) is 5.82 Å². The first-order valence-electron chi connectivity index (χ1n) is 8.86. The molecule has 1 N–H and O–H groups in total.